The van der Waals surface area contributed by atoms with Crippen LogP contribution < -0.4 is 11.2 Å². The van der Waals surface area contributed by atoms with Gasteiger partial charge in [-0.05, 0) is 25.5 Å². The lowest BCUT2D eigenvalue weighted by atomic mass is 9.99. The Morgan fingerprint density at radius 1 is 1.30 bits per heavy atom. The molecule has 0 saturated heterocycles. The smallest absolute Gasteiger partial charge is 0.332 e. The molecule has 0 saturated carbocycles. The molecule has 1 rings (SSSR count). The molecule has 0 aliphatic rings. The fraction of sp³-hybridized carbons (Fsp3) is 0.231. The molecule has 1 aromatic rings. The van der Waals surface area contributed by atoms with Crippen molar-refractivity contribution >= 4 is 46.5 Å². The van der Waals surface area contributed by atoms with E-state index < -0.39 is 6.03 Å². The summed E-state index contributed by atoms with van der Waals surface area (Å²) in [4.78, 5) is 10.8. The average Bonchev–Trinajstić information content (AvgIpc) is 2.36. The lowest BCUT2D eigenvalue weighted by Crippen LogP contribution is -2.26. The molecule has 108 valence electrons. The second kappa shape index (κ2) is 7.53. The van der Waals surface area contributed by atoms with Gasteiger partial charge >= 0.3 is 6.03 Å². The van der Waals surface area contributed by atoms with Crippen LogP contribution >= 0.6 is 34.8 Å². The van der Waals surface area contributed by atoms with Crippen LogP contribution in [-0.4, -0.2) is 11.7 Å². The Morgan fingerprint density at radius 3 is 2.50 bits per heavy atom. The van der Waals surface area contributed by atoms with E-state index in [2.05, 4.69) is 10.5 Å². The number of allylic oxidation sites excluding steroid dienone is 1. The van der Waals surface area contributed by atoms with E-state index >= 15 is 0 Å². The van der Waals surface area contributed by atoms with Gasteiger partial charge in [-0.2, -0.15) is 5.10 Å². The minimum absolute atomic E-state index is 0.0382. The number of hydrazone groups is 1. The summed E-state index contributed by atoms with van der Waals surface area (Å²) in [5.41, 5.74) is 10.6. The molecule has 0 aromatic heterocycles. The van der Waals surface area contributed by atoms with Gasteiger partial charge in [0.25, 0.3) is 0 Å². The van der Waals surface area contributed by atoms with Gasteiger partial charge in [-0.25, -0.2) is 10.2 Å². The van der Waals surface area contributed by atoms with E-state index in [0.29, 0.717) is 5.71 Å². The molecule has 0 aliphatic heterocycles. The molecule has 0 fully saturated rings. The zero-order valence-electron chi connectivity index (χ0n) is 11.0. The van der Waals surface area contributed by atoms with Crippen LogP contribution in [0.3, 0.4) is 0 Å². The van der Waals surface area contributed by atoms with Gasteiger partial charge in [-0.3, -0.25) is 0 Å². The SMILES string of the molecule is Cc1ccc(C)c(C(CC(Cl)=C(Cl)Cl)=NNC(N)=O)c1. The van der Waals surface area contributed by atoms with Gasteiger partial charge in [-0.15, -0.1) is 0 Å². The highest BCUT2D eigenvalue weighted by Crippen LogP contribution is 2.24. The number of carbonyl (C=O) groups is 1. The Balaban J connectivity index is 3.23. The number of halogens is 3. The Morgan fingerprint density at radius 2 is 1.95 bits per heavy atom. The van der Waals surface area contributed by atoms with E-state index in [0.717, 1.165) is 16.7 Å². The van der Waals surface area contributed by atoms with E-state index in [1.807, 2.05) is 32.0 Å². The fourth-order valence-electron chi connectivity index (χ4n) is 1.58. The van der Waals surface area contributed by atoms with Crippen molar-refractivity contribution in [3.05, 3.63) is 44.4 Å². The number of nitrogens with one attached hydrogen (secondary N) is 1. The third kappa shape index (κ3) is 5.04. The quantitative estimate of drug-likeness (QED) is 0.635. The molecule has 0 atom stereocenters. The number of urea groups is 1. The zero-order valence-corrected chi connectivity index (χ0v) is 13.3. The Hall–Kier alpha value is -1.23. The summed E-state index contributed by atoms with van der Waals surface area (Å²) in [5.74, 6) is 0. The van der Waals surface area contributed by atoms with Crippen LogP contribution in [0.5, 0.6) is 0 Å². The minimum atomic E-state index is -0.759. The maximum atomic E-state index is 10.8. The van der Waals surface area contributed by atoms with Gasteiger partial charge < -0.3 is 5.73 Å². The molecular weight excluding hydrogens is 321 g/mol. The van der Waals surface area contributed by atoms with Gasteiger partial charge in [0.2, 0.25) is 0 Å². The first-order valence-electron chi connectivity index (χ1n) is 5.70. The van der Waals surface area contributed by atoms with Crippen LogP contribution in [0.25, 0.3) is 0 Å². The molecule has 4 nitrogen and oxygen atoms in total. The van der Waals surface area contributed by atoms with E-state index in [1.165, 1.54) is 0 Å². The number of nitrogens with two attached hydrogens (primary N) is 1. The average molecular weight is 335 g/mol. The van der Waals surface area contributed by atoms with Crippen molar-refractivity contribution in [2.45, 2.75) is 20.3 Å². The summed E-state index contributed by atoms with van der Waals surface area (Å²) in [6, 6.07) is 5.10. The summed E-state index contributed by atoms with van der Waals surface area (Å²) in [6.07, 6.45) is 0.189. The Labute approximate surface area is 132 Å². The molecule has 0 spiro atoms. The topological polar surface area (TPSA) is 67.5 Å². The van der Waals surface area contributed by atoms with Gasteiger partial charge in [0.1, 0.15) is 4.49 Å². The lowest BCUT2D eigenvalue weighted by molar-refractivity contribution is 0.249. The summed E-state index contributed by atoms with van der Waals surface area (Å²) in [5, 5.41) is 4.21. The summed E-state index contributed by atoms with van der Waals surface area (Å²) < 4.78 is -0.0382. The molecule has 0 unspecified atom stereocenters. The van der Waals surface area contributed by atoms with Crippen molar-refractivity contribution in [3.63, 3.8) is 0 Å². The van der Waals surface area contributed by atoms with Crippen LogP contribution in [0.15, 0.2) is 32.8 Å². The van der Waals surface area contributed by atoms with Gasteiger partial charge in [-0.1, -0.05) is 52.5 Å². The van der Waals surface area contributed by atoms with Crippen molar-refractivity contribution in [2.24, 2.45) is 10.8 Å². The molecule has 0 aliphatic carbocycles. The molecule has 3 N–H and O–H groups in total. The molecule has 20 heavy (non-hydrogen) atoms. The first kappa shape index (κ1) is 16.8. The van der Waals surface area contributed by atoms with Gasteiger partial charge in [0, 0.05) is 12.0 Å². The highest BCUT2D eigenvalue weighted by Gasteiger charge is 2.12. The minimum Gasteiger partial charge on any atom is -0.350 e. The van der Waals surface area contributed by atoms with Gasteiger partial charge in [0.05, 0.1) is 10.7 Å². The first-order chi connectivity index (χ1) is 9.31. The summed E-state index contributed by atoms with van der Waals surface area (Å²) >= 11 is 17.2. The lowest BCUT2D eigenvalue weighted by Gasteiger charge is -2.10. The largest absolute Gasteiger partial charge is 0.350 e. The Bertz CT molecular complexity index is 578. The maximum Gasteiger partial charge on any atom is 0.332 e. The molecule has 1 aromatic carbocycles. The third-order valence-corrected chi connectivity index (χ3v) is 3.51. The Kier molecular flexibility index (Phi) is 6.33. The van der Waals surface area contributed by atoms with Crippen LogP contribution in [0, 0.1) is 13.8 Å². The predicted octanol–water partition coefficient (Wildman–Crippen LogP) is 3.95. The van der Waals surface area contributed by atoms with Crippen molar-refractivity contribution in [3.8, 4) is 0 Å². The van der Waals surface area contributed by atoms with E-state index in [1.54, 1.807) is 0 Å². The number of nitrogens with zero attached hydrogens (tertiary/aromatic N) is 1. The van der Waals surface area contributed by atoms with Crippen LogP contribution in [0.1, 0.15) is 23.1 Å². The molecule has 7 heteroatoms. The monoisotopic (exact) mass is 333 g/mol. The van der Waals surface area contributed by atoms with E-state index in [4.69, 9.17) is 40.5 Å². The van der Waals surface area contributed by atoms with E-state index in [9.17, 15) is 4.79 Å². The number of aryl methyl sites for hydroxylation is 2. The van der Waals surface area contributed by atoms with Crippen molar-refractivity contribution in [2.75, 3.05) is 0 Å². The number of benzene rings is 1. The zero-order chi connectivity index (χ0) is 15.3. The van der Waals surface area contributed by atoms with Crippen molar-refractivity contribution < 1.29 is 4.79 Å². The molecular formula is C13H14Cl3N3O. The molecule has 0 radical (unpaired) electrons. The van der Waals surface area contributed by atoms with Gasteiger partial charge in [0.15, 0.2) is 0 Å². The highest BCUT2D eigenvalue weighted by atomic mass is 35.5. The standard InChI is InChI=1S/C13H14Cl3N3O/c1-7-3-4-8(2)9(5-7)11(18-19-13(17)20)6-10(14)12(15)16/h3-5H,6H2,1-2H3,(H3,17,19,20). The molecule has 2 amide bonds. The normalized spacial score (nSPS) is 11.2. The number of hydrogen-bond donors (Lipinski definition) is 2. The molecule has 0 bridgehead atoms. The first-order valence-corrected chi connectivity index (χ1v) is 6.84. The highest BCUT2D eigenvalue weighted by molar-refractivity contribution is 6.59. The fourth-order valence-corrected chi connectivity index (χ4v) is 1.84. The third-order valence-electron chi connectivity index (χ3n) is 2.53. The number of hydrogen-bond acceptors (Lipinski definition) is 2. The predicted molar refractivity (Wildman–Crippen MR) is 84.4 cm³/mol. The van der Waals surface area contributed by atoms with E-state index in [-0.39, 0.29) is 15.9 Å². The van der Waals surface area contributed by atoms with Crippen LogP contribution in [0.4, 0.5) is 4.79 Å². The summed E-state index contributed by atoms with van der Waals surface area (Å²) in [7, 11) is 0. The molecule has 0 heterocycles. The summed E-state index contributed by atoms with van der Waals surface area (Å²) in [6.45, 7) is 3.88. The van der Waals surface area contributed by atoms with Crippen LogP contribution in [0.2, 0.25) is 0 Å². The second-order valence-electron chi connectivity index (χ2n) is 4.20. The van der Waals surface area contributed by atoms with Crippen LogP contribution in [-0.2, 0) is 0 Å². The number of primary amides is 1. The number of amides is 2. The van der Waals surface area contributed by atoms with Crippen molar-refractivity contribution in [1.82, 2.24) is 5.43 Å². The second-order valence-corrected chi connectivity index (χ2v) is 5.60. The maximum absolute atomic E-state index is 10.8. The van der Waals surface area contributed by atoms with Crippen molar-refractivity contribution in [1.29, 1.82) is 0 Å². The number of carbonyl (C=O) groups excluding carboxylic acids is 1. The number of rotatable bonds is 4.